The van der Waals surface area contributed by atoms with Crippen LogP contribution >= 0.6 is 0 Å². The summed E-state index contributed by atoms with van der Waals surface area (Å²) in [6.45, 7) is 7.54. The number of primary amides is 1. The first-order valence-electron chi connectivity index (χ1n) is 23.0. The number of benzene rings is 2. The Morgan fingerprint density at radius 1 is 0.529 bits per heavy atom. The molecule has 19 N–H and O–H groups in total. The molecule has 68 heavy (non-hydrogen) atoms. The Morgan fingerprint density at radius 3 is 1.41 bits per heavy atom. The lowest BCUT2D eigenvalue weighted by Crippen LogP contribution is -2.61. The molecular formula is C46H74N14O8. The van der Waals surface area contributed by atoms with Crippen molar-refractivity contribution in [1.82, 2.24) is 31.9 Å². The van der Waals surface area contributed by atoms with Crippen molar-refractivity contribution in [2.75, 3.05) is 19.6 Å². The maximum Gasteiger partial charge on any atom is 0.243 e. The highest BCUT2D eigenvalue weighted by Gasteiger charge is 2.35. The summed E-state index contributed by atoms with van der Waals surface area (Å²) in [4.78, 5) is 104. The minimum atomic E-state index is -1.38. The molecule has 7 amide bonds. The number of rotatable bonds is 31. The molecule has 2 rings (SSSR count). The third-order valence-electron chi connectivity index (χ3n) is 11.0. The van der Waals surface area contributed by atoms with Crippen LogP contribution in [0.1, 0.15) is 90.2 Å². The van der Waals surface area contributed by atoms with Crippen molar-refractivity contribution >= 4 is 53.3 Å². The van der Waals surface area contributed by atoms with Crippen LogP contribution in [0.2, 0.25) is 0 Å². The van der Waals surface area contributed by atoms with E-state index < -0.39 is 89.4 Å². The van der Waals surface area contributed by atoms with Gasteiger partial charge in [-0.25, -0.2) is 0 Å². The van der Waals surface area contributed by atoms with E-state index in [1.807, 2.05) is 6.92 Å². The number of carbonyl (C=O) groups is 7. The van der Waals surface area contributed by atoms with Crippen molar-refractivity contribution in [1.29, 1.82) is 0 Å². The highest BCUT2D eigenvalue weighted by atomic mass is 16.3. The maximum absolute atomic E-state index is 14.5. The average molecular weight is 951 g/mol. The summed E-state index contributed by atoms with van der Waals surface area (Å²) >= 11 is 0. The zero-order valence-electron chi connectivity index (χ0n) is 39.7. The molecule has 0 aliphatic heterocycles. The van der Waals surface area contributed by atoms with E-state index in [1.165, 1.54) is 12.1 Å². The monoisotopic (exact) mass is 951 g/mol. The second-order valence-electron chi connectivity index (χ2n) is 17.0. The highest BCUT2D eigenvalue weighted by molar-refractivity contribution is 5.97. The van der Waals surface area contributed by atoms with Gasteiger partial charge in [-0.1, -0.05) is 76.6 Å². The van der Waals surface area contributed by atoms with Crippen molar-refractivity contribution < 1.29 is 38.7 Å². The minimum absolute atomic E-state index is 0.0224. The zero-order chi connectivity index (χ0) is 50.8. The summed E-state index contributed by atoms with van der Waals surface area (Å²) < 4.78 is 0. The molecule has 7 atom stereocenters. The number of nitrogens with one attached hydrogen (secondary N) is 6. The Balaban J connectivity index is 2.56. The van der Waals surface area contributed by atoms with Crippen LogP contribution in [0.3, 0.4) is 0 Å². The number of phenols is 1. The van der Waals surface area contributed by atoms with E-state index in [0.29, 0.717) is 43.4 Å². The summed E-state index contributed by atoms with van der Waals surface area (Å²) in [5, 5.41) is 26.5. The number of carbonyl (C=O) groups excluding carboxylic acids is 7. The Bertz CT molecular complexity index is 1990. The maximum atomic E-state index is 14.5. The van der Waals surface area contributed by atoms with Crippen molar-refractivity contribution in [3.05, 3.63) is 65.7 Å². The minimum Gasteiger partial charge on any atom is -0.508 e. The fourth-order valence-electron chi connectivity index (χ4n) is 6.83. The zero-order valence-corrected chi connectivity index (χ0v) is 39.7. The van der Waals surface area contributed by atoms with Crippen LogP contribution in [0.15, 0.2) is 64.6 Å². The Morgan fingerprint density at radius 2 is 0.956 bits per heavy atom. The van der Waals surface area contributed by atoms with E-state index >= 15 is 0 Å². The van der Waals surface area contributed by atoms with E-state index in [2.05, 4.69) is 41.9 Å². The molecule has 2 aromatic carbocycles. The van der Waals surface area contributed by atoms with Gasteiger partial charge in [0.1, 0.15) is 42.0 Å². The van der Waals surface area contributed by atoms with Crippen molar-refractivity contribution in [2.24, 2.45) is 56.2 Å². The molecule has 0 aliphatic carbocycles. The Hall–Kier alpha value is -6.97. The van der Waals surface area contributed by atoms with E-state index in [9.17, 15) is 38.7 Å². The molecule has 0 heterocycles. The van der Waals surface area contributed by atoms with Crippen molar-refractivity contribution in [2.45, 2.75) is 128 Å². The smallest absolute Gasteiger partial charge is 0.243 e. The number of aliphatic imine (C=N–C) groups is 2. The molecule has 376 valence electrons. The summed E-state index contributed by atoms with van der Waals surface area (Å²) in [6, 6.07) is 7.50. The number of nitrogens with two attached hydrogens (primary N) is 6. The number of guanidine groups is 2. The van der Waals surface area contributed by atoms with Gasteiger partial charge >= 0.3 is 0 Å². The molecule has 0 spiro atoms. The summed E-state index contributed by atoms with van der Waals surface area (Å²) in [5.74, 6) is -6.08. The standard InChI is InChI=1S/C46H74N14O8/c1-5-28(4)37(44(68)55-32(38(48)62)15-9-10-22-47)60-41(65)34(17-12-24-54-46(51)52)57-42(66)36(26-30-18-20-31(61)21-19-30)59-43(67)35(25-29-13-7-6-8-14-29)58-40(64)33(56-39(63)27(2)3)16-11-23-53-45(49)50/h6-8,13-14,18-21,27-28,32-37,61H,5,9-12,15-17,22-26,47H2,1-4H3,(H2,48,62)(H,55,68)(H,56,63)(H,57,66)(H,58,64)(H,59,67)(H,60,65)(H4,49,50,53)(H4,51,52,54). The Labute approximate surface area is 398 Å². The van der Waals surface area contributed by atoms with Gasteiger partial charge in [0, 0.05) is 31.8 Å². The van der Waals surface area contributed by atoms with Gasteiger partial charge in [0.25, 0.3) is 0 Å². The van der Waals surface area contributed by atoms with Gasteiger partial charge < -0.3 is 71.4 Å². The van der Waals surface area contributed by atoms with E-state index in [0.717, 1.165) is 0 Å². The first kappa shape index (κ1) is 57.2. The lowest BCUT2D eigenvalue weighted by Gasteiger charge is -2.29. The van der Waals surface area contributed by atoms with Gasteiger partial charge in [0.15, 0.2) is 11.9 Å². The van der Waals surface area contributed by atoms with Crippen LogP contribution in [0.4, 0.5) is 0 Å². The molecule has 22 heteroatoms. The number of hydrogen-bond acceptors (Lipinski definition) is 11. The molecule has 0 saturated carbocycles. The van der Waals surface area contributed by atoms with Crippen LogP contribution in [0.5, 0.6) is 5.75 Å². The van der Waals surface area contributed by atoms with Crippen LogP contribution in [-0.4, -0.2) is 114 Å². The van der Waals surface area contributed by atoms with Gasteiger partial charge in [-0.3, -0.25) is 43.5 Å². The summed E-state index contributed by atoms with van der Waals surface area (Å²) in [7, 11) is 0. The molecule has 0 fully saturated rings. The molecule has 0 bridgehead atoms. The molecule has 22 nitrogen and oxygen atoms in total. The number of unbranched alkanes of at least 4 members (excludes halogenated alkanes) is 1. The van der Waals surface area contributed by atoms with Crippen LogP contribution in [-0.2, 0) is 46.4 Å². The SMILES string of the molecule is CCC(C)C(NC(=O)C(CCCN=C(N)N)NC(=O)C(Cc1ccc(O)cc1)NC(=O)C(Cc1ccccc1)NC(=O)C(CCCN=C(N)N)NC(=O)C(C)C)C(=O)NC(CCCCN)C(N)=O. The van der Waals surface area contributed by atoms with Gasteiger partial charge in [-0.05, 0) is 80.7 Å². The third kappa shape index (κ3) is 21.6. The Kier molecular flexibility index (Phi) is 25.5. The van der Waals surface area contributed by atoms with Gasteiger partial charge in [-0.2, -0.15) is 0 Å². The number of nitrogens with zero attached hydrogens (tertiary/aromatic N) is 2. The second-order valence-corrected chi connectivity index (χ2v) is 17.0. The molecule has 7 unspecified atom stereocenters. The topological polar surface area (TPSA) is 393 Å². The normalized spacial score (nSPS) is 14.0. The van der Waals surface area contributed by atoms with Crippen LogP contribution < -0.4 is 66.3 Å². The van der Waals surface area contributed by atoms with E-state index in [1.54, 1.807) is 63.2 Å². The highest BCUT2D eigenvalue weighted by Crippen LogP contribution is 2.15. The van der Waals surface area contributed by atoms with Crippen LogP contribution in [0, 0.1) is 11.8 Å². The molecule has 2 aromatic rings. The van der Waals surface area contributed by atoms with Crippen molar-refractivity contribution in [3.63, 3.8) is 0 Å². The predicted molar refractivity (Wildman–Crippen MR) is 260 cm³/mol. The lowest BCUT2D eigenvalue weighted by atomic mass is 9.96. The lowest BCUT2D eigenvalue weighted by molar-refractivity contribution is -0.136. The first-order valence-corrected chi connectivity index (χ1v) is 23.0. The number of amides is 7. The van der Waals surface area contributed by atoms with E-state index in [-0.39, 0.29) is 69.3 Å². The predicted octanol–water partition coefficient (Wildman–Crippen LogP) is -1.49. The van der Waals surface area contributed by atoms with Crippen molar-refractivity contribution in [3.8, 4) is 5.75 Å². The largest absolute Gasteiger partial charge is 0.508 e. The number of hydrogen-bond donors (Lipinski definition) is 13. The quantitative estimate of drug-likeness (QED) is 0.0233. The second kappa shape index (κ2) is 30.3. The van der Waals surface area contributed by atoms with Gasteiger partial charge in [0.05, 0.1) is 0 Å². The molecule has 0 saturated heterocycles. The van der Waals surface area contributed by atoms with Crippen LogP contribution in [0.25, 0.3) is 0 Å². The molecule has 0 aliphatic rings. The van der Waals surface area contributed by atoms with Gasteiger partial charge in [-0.15, -0.1) is 0 Å². The van der Waals surface area contributed by atoms with E-state index in [4.69, 9.17) is 34.4 Å². The molecule has 0 aromatic heterocycles. The third-order valence-corrected chi connectivity index (χ3v) is 11.0. The summed E-state index contributed by atoms with van der Waals surface area (Å²) in [5.41, 5.74) is 34.4. The fourth-order valence-corrected chi connectivity index (χ4v) is 6.83. The summed E-state index contributed by atoms with van der Waals surface area (Å²) in [6.07, 6.45) is 2.25. The molecule has 0 radical (unpaired) electrons. The fraction of sp³-hybridized carbons (Fsp3) is 0.543. The average Bonchev–Trinajstić information content (AvgIpc) is 3.29. The first-order chi connectivity index (χ1) is 32.2. The molecular weight excluding hydrogens is 877 g/mol. The van der Waals surface area contributed by atoms with Gasteiger partial charge in [0.2, 0.25) is 41.4 Å². The number of aromatic hydroxyl groups is 1. The number of phenolic OH excluding ortho intramolecular Hbond substituents is 1.